The topological polar surface area (TPSA) is 63.3 Å². The van der Waals surface area contributed by atoms with Crippen molar-refractivity contribution in [1.82, 2.24) is 0 Å². The number of halogens is 1. The molecule has 0 aliphatic carbocycles. The Bertz CT molecular complexity index is 301. The Morgan fingerprint density at radius 1 is 1.58 bits per heavy atom. The van der Waals surface area contributed by atoms with Crippen molar-refractivity contribution >= 4 is 11.7 Å². The van der Waals surface area contributed by atoms with Crippen molar-refractivity contribution in [3.05, 3.63) is 29.8 Å². The standard InChI is InChI=1S/C8H8FNO2/c9-7(8(11)12)5-2-1-3-6(10)4-5/h1-4,7H,10H2,(H,11,12). The summed E-state index contributed by atoms with van der Waals surface area (Å²) in [5, 5.41) is 8.31. The molecule has 0 radical (unpaired) electrons. The number of alkyl halides is 1. The Labute approximate surface area is 68.6 Å². The van der Waals surface area contributed by atoms with Crippen LogP contribution < -0.4 is 5.73 Å². The van der Waals surface area contributed by atoms with Gasteiger partial charge in [0.25, 0.3) is 0 Å². The molecule has 1 aromatic carbocycles. The predicted molar refractivity (Wildman–Crippen MR) is 42.3 cm³/mol. The third-order valence-electron chi connectivity index (χ3n) is 1.42. The van der Waals surface area contributed by atoms with Crippen LogP contribution in [0, 0.1) is 0 Å². The van der Waals surface area contributed by atoms with E-state index in [0.29, 0.717) is 5.69 Å². The Balaban J connectivity index is 2.95. The molecular formula is C8H8FNO2. The summed E-state index contributed by atoms with van der Waals surface area (Å²) >= 11 is 0. The minimum Gasteiger partial charge on any atom is -0.479 e. The first kappa shape index (κ1) is 8.52. The number of nitrogens with two attached hydrogens (primary N) is 1. The summed E-state index contributed by atoms with van der Waals surface area (Å²) in [6.07, 6.45) is -1.99. The van der Waals surface area contributed by atoms with Crippen molar-refractivity contribution in [1.29, 1.82) is 0 Å². The zero-order valence-electron chi connectivity index (χ0n) is 6.20. The number of hydrogen-bond acceptors (Lipinski definition) is 2. The smallest absolute Gasteiger partial charge is 0.343 e. The average molecular weight is 169 g/mol. The predicted octanol–water partition coefficient (Wildman–Crippen LogP) is 1.36. The second-order valence-corrected chi connectivity index (χ2v) is 2.37. The largest absolute Gasteiger partial charge is 0.479 e. The monoisotopic (exact) mass is 169 g/mol. The number of carbonyl (C=O) groups is 1. The Morgan fingerprint density at radius 2 is 2.25 bits per heavy atom. The molecule has 0 heterocycles. The number of carboxylic acids is 1. The van der Waals surface area contributed by atoms with Gasteiger partial charge in [0.15, 0.2) is 0 Å². The van der Waals surface area contributed by atoms with E-state index in [1.807, 2.05) is 0 Å². The van der Waals surface area contributed by atoms with Gasteiger partial charge in [-0.3, -0.25) is 0 Å². The van der Waals surface area contributed by atoms with E-state index in [2.05, 4.69) is 0 Å². The van der Waals surface area contributed by atoms with Gasteiger partial charge in [-0.2, -0.15) is 0 Å². The summed E-state index contributed by atoms with van der Waals surface area (Å²) in [6, 6.07) is 5.77. The maximum Gasteiger partial charge on any atom is 0.343 e. The van der Waals surface area contributed by atoms with Gasteiger partial charge in [-0.05, 0) is 17.7 Å². The van der Waals surface area contributed by atoms with E-state index in [1.54, 1.807) is 6.07 Å². The van der Waals surface area contributed by atoms with E-state index in [0.717, 1.165) is 0 Å². The summed E-state index contributed by atoms with van der Waals surface area (Å²) in [4.78, 5) is 10.2. The van der Waals surface area contributed by atoms with Crippen LogP contribution in [0.1, 0.15) is 11.7 Å². The van der Waals surface area contributed by atoms with E-state index >= 15 is 0 Å². The van der Waals surface area contributed by atoms with Gasteiger partial charge in [-0.25, -0.2) is 9.18 Å². The van der Waals surface area contributed by atoms with E-state index in [9.17, 15) is 9.18 Å². The Hall–Kier alpha value is -1.58. The van der Waals surface area contributed by atoms with Gasteiger partial charge in [0.2, 0.25) is 6.17 Å². The highest BCUT2D eigenvalue weighted by Gasteiger charge is 2.17. The summed E-state index contributed by atoms with van der Waals surface area (Å²) in [5.41, 5.74) is 5.77. The molecular weight excluding hydrogens is 161 g/mol. The summed E-state index contributed by atoms with van der Waals surface area (Å²) in [5.74, 6) is -1.50. The third-order valence-corrected chi connectivity index (χ3v) is 1.42. The number of anilines is 1. The molecule has 0 spiro atoms. The van der Waals surface area contributed by atoms with E-state index < -0.39 is 12.1 Å². The number of benzene rings is 1. The molecule has 1 aromatic rings. The first-order valence-corrected chi connectivity index (χ1v) is 3.33. The van der Waals surface area contributed by atoms with Crippen molar-refractivity contribution in [2.75, 3.05) is 5.73 Å². The summed E-state index contributed by atoms with van der Waals surface area (Å²) in [7, 11) is 0. The molecule has 1 rings (SSSR count). The molecule has 3 nitrogen and oxygen atoms in total. The van der Waals surface area contributed by atoms with Gasteiger partial charge in [0.1, 0.15) is 0 Å². The van der Waals surface area contributed by atoms with Crippen LogP contribution in [0.5, 0.6) is 0 Å². The summed E-state index contributed by atoms with van der Waals surface area (Å²) < 4.78 is 12.8. The maximum atomic E-state index is 12.8. The number of nitrogen functional groups attached to an aromatic ring is 1. The fourth-order valence-electron chi connectivity index (χ4n) is 0.859. The van der Waals surface area contributed by atoms with Crippen LogP contribution in [-0.4, -0.2) is 11.1 Å². The lowest BCUT2D eigenvalue weighted by atomic mass is 10.1. The van der Waals surface area contributed by atoms with Gasteiger partial charge in [-0.1, -0.05) is 12.1 Å². The lowest BCUT2D eigenvalue weighted by molar-refractivity contribution is -0.143. The molecule has 1 unspecified atom stereocenters. The van der Waals surface area contributed by atoms with Crippen LogP contribution >= 0.6 is 0 Å². The fraction of sp³-hybridized carbons (Fsp3) is 0.125. The van der Waals surface area contributed by atoms with Crippen LogP contribution in [0.3, 0.4) is 0 Å². The zero-order chi connectivity index (χ0) is 9.14. The number of rotatable bonds is 2. The lowest BCUT2D eigenvalue weighted by Crippen LogP contribution is -2.06. The highest BCUT2D eigenvalue weighted by molar-refractivity contribution is 5.74. The summed E-state index contributed by atoms with van der Waals surface area (Å²) in [6.45, 7) is 0. The molecule has 4 heteroatoms. The minimum atomic E-state index is -1.99. The van der Waals surface area contributed by atoms with Gasteiger partial charge in [-0.15, -0.1) is 0 Å². The first-order valence-electron chi connectivity index (χ1n) is 3.33. The molecule has 1 atom stereocenters. The molecule has 0 saturated heterocycles. The highest BCUT2D eigenvalue weighted by atomic mass is 19.1. The third kappa shape index (κ3) is 1.72. The van der Waals surface area contributed by atoms with Crippen molar-refractivity contribution in [2.45, 2.75) is 6.17 Å². The number of hydrogen-bond donors (Lipinski definition) is 2. The molecule has 3 N–H and O–H groups in total. The minimum absolute atomic E-state index is 0.0718. The first-order chi connectivity index (χ1) is 5.61. The van der Waals surface area contributed by atoms with Crippen LogP contribution in [-0.2, 0) is 4.79 Å². The molecule has 0 aromatic heterocycles. The quantitative estimate of drug-likeness (QED) is 0.657. The zero-order valence-corrected chi connectivity index (χ0v) is 6.20. The Kier molecular flexibility index (Phi) is 2.28. The van der Waals surface area contributed by atoms with Gasteiger partial charge >= 0.3 is 5.97 Å². The second-order valence-electron chi connectivity index (χ2n) is 2.37. The van der Waals surface area contributed by atoms with E-state index in [-0.39, 0.29) is 5.56 Å². The normalized spacial score (nSPS) is 12.4. The van der Waals surface area contributed by atoms with Crippen molar-refractivity contribution < 1.29 is 14.3 Å². The number of aliphatic carboxylic acids is 1. The maximum absolute atomic E-state index is 12.8. The average Bonchev–Trinajstić information content (AvgIpc) is 2.03. The molecule has 0 aliphatic rings. The Morgan fingerprint density at radius 3 is 2.75 bits per heavy atom. The van der Waals surface area contributed by atoms with Gasteiger partial charge < -0.3 is 10.8 Å². The van der Waals surface area contributed by atoms with Gasteiger partial charge in [0.05, 0.1) is 0 Å². The fourth-order valence-corrected chi connectivity index (χ4v) is 0.859. The second kappa shape index (κ2) is 3.21. The van der Waals surface area contributed by atoms with Gasteiger partial charge in [0, 0.05) is 5.69 Å². The SMILES string of the molecule is Nc1cccc(C(F)C(=O)O)c1. The van der Waals surface area contributed by atoms with E-state index in [1.165, 1.54) is 18.2 Å². The molecule has 12 heavy (non-hydrogen) atoms. The highest BCUT2D eigenvalue weighted by Crippen LogP contribution is 2.19. The molecule has 0 aliphatic heterocycles. The van der Waals surface area contributed by atoms with Crippen molar-refractivity contribution in [3.8, 4) is 0 Å². The molecule has 0 bridgehead atoms. The van der Waals surface area contributed by atoms with Crippen LogP contribution in [0.15, 0.2) is 24.3 Å². The van der Waals surface area contributed by atoms with E-state index in [4.69, 9.17) is 10.8 Å². The van der Waals surface area contributed by atoms with Crippen LogP contribution in [0.25, 0.3) is 0 Å². The van der Waals surface area contributed by atoms with Crippen LogP contribution in [0.4, 0.5) is 10.1 Å². The lowest BCUT2D eigenvalue weighted by Gasteiger charge is -2.02. The molecule has 0 amide bonds. The van der Waals surface area contributed by atoms with Crippen molar-refractivity contribution in [3.63, 3.8) is 0 Å². The number of carboxylic acid groups (broad SMARTS) is 1. The molecule has 0 saturated carbocycles. The molecule has 0 fully saturated rings. The van der Waals surface area contributed by atoms with Crippen molar-refractivity contribution in [2.24, 2.45) is 0 Å². The molecule has 64 valence electrons. The van der Waals surface area contributed by atoms with Crippen LogP contribution in [0.2, 0.25) is 0 Å².